The van der Waals surface area contributed by atoms with E-state index in [1.54, 1.807) is 24.5 Å². The number of para-hydroxylation sites is 1. The molecule has 3 heterocycles. The van der Waals surface area contributed by atoms with E-state index in [-0.39, 0.29) is 5.97 Å². The summed E-state index contributed by atoms with van der Waals surface area (Å²) in [6.07, 6.45) is 4.86. The van der Waals surface area contributed by atoms with Crippen molar-refractivity contribution in [3.63, 3.8) is 0 Å². The van der Waals surface area contributed by atoms with Crippen LogP contribution in [0.1, 0.15) is 36.5 Å². The molecule has 0 aliphatic rings. The van der Waals surface area contributed by atoms with Gasteiger partial charge >= 0.3 is 5.97 Å². The molecule has 7 nitrogen and oxygen atoms in total. The minimum Gasteiger partial charge on any atom is -0.465 e. The first kappa shape index (κ1) is 20.1. The van der Waals surface area contributed by atoms with Crippen molar-refractivity contribution in [2.45, 2.75) is 32.7 Å². The Balaban J connectivity index is 1.69. The summed E-state index contributed by atoms with van der Waals surface area (Å²) in [5, 5.41) is 0. The average Bonchev–Trinajstić information content (AvgIpc) is 3.56. The number of esters is 1. The number of aryl methyl sites for hydroxylation is 1. The number of aromatic nitrogens is 3. The van der Waals surface area contributed by atoms with E-state index in [0.717, 1.165) is 53.7 Å². The Morgan fingerprint density at radius 2 is 1.97 bits per heavy atom. The van der Waals surface area contributed by atoms with Gasteiger partial charge in [0, 0.05) is 6.54 Å². The summed E-state index contributed by atoms with van der Waals surface area (Å²) in [6, 6.07) is 14.9. The van der Waals surface area contributed by atoms with Crippen molar-refractivity contribution < 1.29 is 18.4 Å². The monoisotopic (exact) mass is 429 g/mol. The molecule has 5 rings (SSSR count). The number of fused-ring (bicyclic) bond motifs is 2. The second-order valence-electron chi connectivity index (χ2n) is 7.64. The fraction of sp³-hybridized carbons (Fsp3) is 0.240. The number of carbonyl (C=O) groups is 1. The number of hydrogen-bond acceptors (Lipinski definition) is 6. The third kappa shape index (κ3) is 3.45. The first-order valence-corrected chi connectivity index (χ1v) is 10.7. The molecule has 0 N–H and O–H groups in total. The topological polar surface area (TPSA) is 83.3 Å². The summed E-state index contributed by atoms with van der Waals surface area (Å²) in [5.74, 6) is 1.41. The zero-order chi connectivity index (χ0) is 22.1. The van der Waals surface area contributed by atoms with E-state index in [9.17, 15) is 4.79 Å². The Labute approximate surface area is 184 Å². The molecule has 0 saturated carbocycles. The number of hydrogen-bond donors (Lipinski definition) is 0. The highest BCUT2D eigenvalue weighted by molar-refractivity contribution is 5.96. The third-order valence-corrected chi connectivity index (χ3v) is 5.54. The van der Waals surface area contributed by atoms with Gasteiger partial charge in [0.25, 0.3) is 5.89 Å². The molecule has 0 atom stereocenters. The lowest BCUT2D eigenvalue weighted by Crippen LogP contribution is -2.02. The van der Waals surface area contributed by atoms with E-state index in [2.05, 4.69) is 16.5 Å². The molecule has 0 saturated heterocycles. The van der Waals surface area contributed by atoms with Crippen molar-refractivity contribution in [2.24, 2.45) is 0 Å². The molecule has 0 bridgehead atoms. The number of imidazole rings is 1. The fourth-order valence-electron chi connectivity index (χ4n) is 3.96. The highest BCUT2D eigenvalue weighted by Crippen LogP contribution is 2.34. The van der Waals surface area contributed by atoms with Crippen molar-refractivity contribution >= 4 is 28.1 Å². The summed E-state index contributed by atoms with van der Waals surface area (Å²) < 4.78 is 18.6. The Morgan fingerprint density at radius 3 is 2.75 bits per heavy atom. The van der Waals surface area contributed by atoms with Crippen LogP contribution >= 0.6 is 0 Å². The largest absolute Gasteiger partial charge is 0.465 e. The van der Waals surface area contributed by atoms with Gasteiger partial charge in [-0.3, -0.25) is 0 Å². The molecule has 0 amide bonds. The Hall–Kier alpha value is -3.87. The molecular weight excluding hydrogens is 406 g/mol. The Kier molecular flexibility index (Phi) is 5.23. The molecular formula is C25H23N3O4. The molecule has 162 valence electrons. The highest BCUT2D eigenvalue weighted by Gasteiger charge is 2.20. The minimum absolute atomic E-state index is 0.380. The summed E-state index contributed by atoms with van der Waals surface area (Å²) in [7, 11) is 1.38. The Morgan fingerprint density at radius 1 is 1.06 bits per heavy atom. The Bertz CT molecular complexity index is 1400. The van der Waals surface area contributed by atoms with Crippen LogP contribution in [0.4, 0.5) is 0 Å². The second-order valence-corrected chi connectivity index (χ2v) is 7.64. The van der Waals surface area contributed by atoms with Crippen LogP contribution < -0.4 is 0 Å². The lowest BCUT2D eigenvalue weighted by Gasteiger charge is -2.09. The van der Waals surface area contributed by atoms with Crippen LogP contribution in [0, 0.1) is 0 Å². The molecule has 0 fully saturated rings. The predicted molar refractivity (Wildman–Crippen MR) is 121 cm³/mol. The van der Waals surface area contributed by atoms with E-state index in [4.69, 9.17) is 18.6 Å². The van der Waals surface area contributed by atoms with Crippen LogP contribution in [0.15, 0.2) is 63.6 Å². The number of ether oxygens (including phenoxy) is 1. The highest BCUT2D eigenvalue weighted by atomic mass is 16.5. The number of oxazole rings is 1. The summed E-state index contributed by atoms with van der Waals surface area (Å²) in [6.45, 7) is 2.99. The molecule has 0 unspecified atom stereocenters. The molecule has 0 aliphatic carbocycles. The van der Waals surface area contributed by atoms with Crippen LogP contribution in [-0.2, 0) is 11.3 Å². The first-order chi connectivity index (χ1) is 15.7. The third-order valence-electron chi connectivity index (χ3n) is 5.54. The standard InChI is InChI=1S/C25H23N3O4/c1-3-4-5-13-28-20-12-11-16(25(29)30-2)15-19(20)26-23(28)17-8-6-9-18-22(17)32-24(27-18)21-10-7-14-31-21/h6-12,14-15H,3-5,13H2,1-2H3. The number of methoxy groups -OCH3 is 1. The van der Waals surface area contributed by atoms with Gasteiger partial charge in [0.2, 0.25) is 0 Å². The van der Waals surface area contributed by atoms with Crippen molar-refractivity contribution in [1.82, 2.24) is 14.5 Å². The number of rotatable bonds is 7. The van der Waals surface area contributed by atoms with Gasteiger partial charge in [-0.1, -0.05) is 25.8 Å². The molecule has 32 heavy (non-hydrogen) atoms. The number of furan rings is 1. The number of unbranched alkanes of at least 4 members (excludes halogenated alkanes) is 2. The van der Waals surface area contributed by atoms with Crippen LogP contribution in [0.25, 0.3) is 45.2 Å². The fourth-order valence-corrected chi connectivity index (χ4v) is 3.96. The quantitative estimate of drug-likeness (QED) is 0.230. The van der Waals surface area contributed by atoms with Gasteiger partial charge in [-0.25, -0.2) is 14.8 Å². The second kappa shape index (κ2) is 8.34. The van der Waals surface area contributed by atoms with Crippen LogP contribution in [0.3, 0.4) is 0 Å². The zero-order valence-corrected chi connectivity index (χ0v) is 18.0. The van der Waals surface area contributed by atoms with Gasteiger partial charge in [0.15, 0.2) is 11.3 Å². The zero-order valence-electron chi connectivity index (χ0n) is 18.0. The molecule has 3 aromatic heterocycles. The molecule has 2 aromatic carbocycles. The maximum absolute atomic E-state index is 12.0. The summed E-state index contributed by atoms with van der Waals surface area (Å²) >= 11 is 0. The minimum atomic E-state index is -0.380. The lowest BCUT2D eigenvalue weighted by atomic mass is 10.1. The van der Waals surface area contributed by atoms with E-state index in [1.807, 2.05) is 30.3 Å². The van der Waals surface area contributed by atoms with Gasteiger partial charge in [-0.05, 0) is 48.9 Å². The molecule has 5 aromatic rings. The lowest BCUT2D eigenvalue weighted by molar-refractivity contribution is 0.0601. The van der Waals surface area contributed by atoms with E-state index in [1.165, 1.54) is 7.11 Å². The smallest absolute Gasteiger partial charge is 0.337 e. The van der Waals surface area contributed by atoms with Gasteiger partial charge in [0.05, 0.1) is 35.5 Å². The SMILES string of the molecule is CCCCCn1c(-c2cccc3nc(-c4ccco4)oc23)nc2cc(C(=O)OC)ccc21. The van der Waals surface area contributed by atoms with Crippen molar-refractivity contribution in [3.8, 4) is 23.0 Å². The summed E-state index contributed by atoms with van der Waals surface area (Å²) in [4.78, 5) is 21.5. The van der Waals surface area contributed by atoms with Crippen LogP contribution in [0.2, 0.25) is 0 Å². The van der Waals surface area contributed by atoms with Gasteiger partial charge < -0.3 is 18.1 Å². The first-order valence-electron chi connectivity index (χ1n) is 10.7. The normalized spacial score (nSPS) is 11.4. The number of nitrogens with zero attached hydrogens (tertiary/aromatic N) is 3. The van der Waals surface area contributed by atoms with E-state index >= 15 is 0 Å². The number of benzene rings is 2. The molecule has 0 spiro atoms. The predicted octanol–water partition coefficient (Wildman–Crippen LogP) is 6.08. The molecule has 0 radical (unpaired) electrons. The van der Waals surface area contributed by atoms with Crippen LogP contribution in [0.5, 0.6) is 0 Å². The molecule has 0 aliphatic heterocycles. The van der Waals surface area contributed by atoms with E-state index in [0.29, 0.717) is 22.8 Å². The van der Waals surface area contributed by atoms with Gasteiger partial charge in [0.1, 0.15) is 11.3 Å². The van der Waals surface area contributed by atoms with Crippen molar-refractivity contribution in [2.75, 3.05) is 7.11 Å². The summed E-state index contributed by atoms with van der Waals surface area (Å²) in [5.41, 5.74) is 4.41. The maximum Gasteiger partial charge on any atom is 0.337 e. The van der Waals surface area contributed by atoms with E-state index < -0.39 is 0 Å². The molecule has 7 heteroatoms. The van der Waals surface area contributed by atoms with Crippen molar-refractivity contribution in [1.29, 1.82) is 0 Å². The van der Waals surface area contributed by atoms with Gasteiger partial charge in [-0.15, -0.1) is 0 Å². The maximum atomic E-state index is 12.0. The van der Waals surface area contributed by atoms with Crippen LogP contribution in [-0.4, -0.2) is 27.6 Å². The van der Waals surface area contributed by atoms with Gasteiger partial charge in [-0.2, -0.15) is 0 Å². The average molecular weight is 429 g/mol. The number of carbonyl (C=O) groups excluding carboxylic acids is 1. The van der Waals surface area contributed by atoms with Crippen molar-refractivity contribution in [3.05, 3.63) is 60.4 Å².